The van der Waals surface area contributed by atoms with Crippen LogP contribution in [0.25, 0.3) is 0 Å². The third-order valence-electron chi connectivity index (χ3n) is 2.56. The van der Waals surface area contributed by atoms with E-state index in [2.05, 4.69) is 5.32 Å². The quantitative estimate of drug-likeness (QED) is 0.679. The number of benzene rings is 1. The van der Waals surface area contributed by atoms with Gasteiger partial charge in [0, 0.05) is 5.56 Å². The third kappa shape index (κ3) is 4.59. The van der Waals surface area contributed by atoms with E-state index in [0.717, 1.165) is 5.56 Å². The number of carbonyl (C=O) groups is 2. The van der Waals surface area contributed by atoms with Crippen molar-refractivity contribution in [3.8, 4) is 5.75 Å². The number of nitrogens with one attached hydrogen (secondary N) is 1. The Kier molecular flexibility index (Phi) is 5.32. The molecule has 0 aliphatic heterocycles. The summed E-state index contributed by atoms with van der Waals surface area (Å²) >= 11 is 0. The van der Waals surface area contributed by atoms with Gasteiger partial charge in [0.1, 0.15) is 5.75 Å². The fourth-order valence-corrected chi connectivity index (χ4v) is 1.58. The van der Waals surface area contributed by atoms with E-state index in [9.17, 15) is 9.59 Å². The number of aliphatic hydroxyl groups excluding tert-OH is 1. The van der Waals surface area contributed by atoms with Crippen LogP contribution in [0.15, 0.2) is 18.2 Å². The number of aliphatic hydroxyl groups is 1. The molecular weight excluding hydrogens is 250 g/mol. The van der Waals surface area contributed by atoms with Crippen LogP contribution in [0.5, 0.6) is 5.75 Å². The Labute approximate surface area is 111 Å². The Hall–Kier alpha value is -2.08. The number of hydrogen-bond acceptors (Lipinski definition) is 4. The van der Waals surface area contributed by atoms with Crippen LogP contribution in [0.2, 0.25) is 0 Å². The molecule has 1 rings (SSSR count). The van der Waals surface area contributed by atoms with E-state index >= 15 is 0 Å². The molecule has 1 aromatic rings. The van der Waals surface area contributed by atoms with Crippen molar-refractivity contribution >= 4 is 11.9 Å². The molecule has 0 saturated heterocycles. The summed E-state index contributed by atoms with van der Waals surface area (Å²) in [6.07, 6.45) is -1.53. The van der Waals surface area contributed by atoms with Gasteiger partial charge in [-0.25, -0.2) is 4.79 Å². The maximum absolute atomic E-state index is 11.6. The van der Waals surface area contributed by atoms with Gasteiger partial charge in [-0.2, -0.15) is 0 Å². The van der Waals surface area contributed by atoms with Crippen LogP contribution in [0.3, 0.4) is 0 Å². The van der Waals surface area contributed by atoms with Gasteiger partial charge < -0.3 is 20.3 Å². The highest BCUT2D eigenvalue weighted by Gasteiger charge is 2.15. The second kappa shape index (κ2) is 6.75. The normalized spacial score (nSPS) is 11.7. The Morgan fingerprint density at radius 3 is 2.68 bits per heavy atom. The molecule has 19 heavy (non-hydrogen) atoms. The molecule has 0 heterocycles. The van der Waals surface area contributed by atoms with Crippen molar-refractivity contribution < 1.29 is 24.5 Å². The Morgan fingerprint density at radius 1 is 1.42 bits per heavy atom. The first-order valence-corrected chi connectivity index (χ1v) is 5.75. The number of methoxy groups -OCH3 is 1. The first-order valence-electron chi connectivity index (χ1n) is 5.75. The van der Waals surface area contributed by atoms with E-state index in [1.807, 2.05) is 19.1 Å². The molecule has 0 bridgehead atoms. The van der Waals surface area contributed by atoms with E-state index in [1.165, 1.54) is 7.11 Å². The number of aliphatic carboxylic acids is 1. The van der Waals surface area contributed by atoms with Gasteiger partial charge in [-0.3, -0.25) is 4.79 Å². The number of ether oxygens (including phenoxy) is 1. The van der Waals surface area contributed by atoms with Gasteiger partial charge in [0.05, 0.1) is 20.1 Å². The highest BCUT2D eigenvalue weighted by molar-refractivity contribution is 5.80. The lowest BCUT2D eigenvalue weighted by Crippen LogP contribution is -2.37. The first kappa shape index (κ1) is 15.0. The second-order valence-corrected chi connectivity index (χ2v) is 4.15. The number of amides is 1. The van der Waals surface area contributed by atoms with Gasteiger partial charge in [0.2, 0.25) is 5.91 Å². The van der Waals surface area contributed by atoms with Crippen molar-refractivity contribution in [2.75, 3.05) is 13.7 Å². The molecule has 0 aliphatic carbocycles. The lowest BCUT2D eigenvalue weighted by atomic mass is 10.1. The number of carboxylic acid groups (broad SMARTS) is 1. The molecule has 1 aromatic carbocycles. The summed E-state index contributed by atoms with van der Waals surface area (Å²) in [6, 6.07) is 5.46. The predicted octanol–water partition coefficient (Wildman–Crippen LogP) is 0.108. The molecule has 0 radical (unpaired) electrons. The third-order valence-corrected chi connectivity index (χ3v) is 2.56. The van der Waals surface area contributed by atoms with Crippen LogP contribution in [0, 0.1) is 6.92 Å². The molecule has 0 spiro atoms. The fourth-order valence-electron chi connectivity index (χ4n) is 1.58. The molecule has 104 valence electrons. The Balaban J connectivity index is 2.62. The lowest BCUT2D eigenvalue weighted by molar-refractivity contribution is -0.146. The monoisotopic (exact) mass is 267 g/mol. The molecule has 0 unspecified atom stereocenters. The van der Waals surface area contributed by atoms with Gasteiger partial charge in [-0.05, 0) is 13.0 Å². The summed E-state index contributed by atoms with van der Waals surface area (Å²) in [6.45, 7) is 1.58. The molecule has 6 nitrogen and oxygen atoms in total. The van der Waals surface area contributed by atoms with E-state index < -0.39 is 12.1 Å². The molecule has 1 atom stereocenters. The number of aryl methyl sites for hydroxylation is 1. The van der Waals surface area contributed by atoms with Crippen LogP contribution in [-0.4, -0.2) is 41.8 Å². The zero-order valence-electron chi connectivity index (χ0n) is 10.8. The van der Waals surface area contributed by atoms with Crippen molar-refractivity contribution in [1.82, 2.24) is 5.32 Å². The van der Waals surface area contributed by atoms with E-state index in [0.29, 0.717) is 11.3 Å². The van der Waals surface area contributed by atoms with Crippen LogP contribution in [0.4, 0.5) is 0 Å². The number of hydrogen-bond donors (Lipinski definition) is 3. The number of carboxylic acids is 1. The predicted molar refractivity (Wildman–Crippen MR) is 68.1 cm³/mol. The van der Waals surface area contributed by atoms with E-state index in [-0.39, 0.29) is 18.9 Å². The maximum atomic E-state index is 11.6. The minimum absolute atomic E-state index is 0.0667. The number of rotatable bonds is 6. The van der Waals surface area contributed by atoms with E-state index in [1.54, 1.807) is 6.07 Å². The van der Waals surface area contributed by atoms with Crippen molar-refractivity contribution in [3.05, 3.63) is 29.3 Å². The Bertz CT molecular complexity index is 472. The highest BCUT2D eigenvalue weighted by atomic mass is 16.5. The van der Waals surface area contributed by atoms with Gasteiger partial charge in [0.15, 0.2) is 6.10 Å². The smallest absolute Gasteiger partial charge is 0.334 e. The molecule has 3 N–H and O–H groups in total. The average molecular weight is 267 g/mol. The topological polar surface area (TPSA) is 95.9 Å². The van der Waals surface area contributed by atoms with Crippen LogP contribution in [-0.2, 0) is 16.0 Å². The molecule has 0 aliphatic rings. The zero-order chi connectivity index (χ0) is 14.4. The summed E-state index contributed by atoms with van der Waals surface area (Å²) in [4.78, 5) is 22.0. The van der Waals surface area contributed by atoms with Crippen LogP contribution >= 0.6 is 0 Å². The fraction of sp³-hybridized carbons (Fsp3) is 0.385. The molecular formula is C13H17NO5. The molecule has 1 amide bonds. The van der Waals surface area contributed by atoms with E-state index in [4.69, 9.17) is 14.9 Å². The largest absolute Gasteiger partial charge is 0.496 e. The molecule has 0 aromatic heterocycles. The first-order chi connectivity index (χ1) is 8.93. The van der Waals surface area contributed by atoms with Gasteiger partial charge >= 0.3 is 5.97 Å². The minimum atomic E-state index is -1.59. The van der Waals surface area contributed by atoms with Crippen molar-refractivity contribution in [1.29, 1.82) is 0 Å². The summed E-state index contributed by atoms with van der Waals surface area (Å²) in [5, 5.41) is 19.9. The second-order valence-electron chi connectivity index (χ2n) is 4.15. The Morgan fingerprint density at radius 2 is 2.11 bits per heavy atom. The molecule has 0 fully saturated rings. The maximum Gasteiger partial charge on any atom is 0.334 e. The van der Waals surface area contributed by atoms with Crippen LogP contribution < -0.4 is 10.1 Å². The SMILES string of the molecule is COc1ccc(C)cc1CC(=O)NC[C@H](O)C(=O)O. The van der Waals surface area contributed by atoms with Crippen molar-refractivity contribution in [2.45, 2.75) is 19.4 Å². The van der Waals surface area contributed by atoms with Gasteiger partial charge in [-0.1, -0.05) is 17.7 Å². The summed E-state index contributed by atoms with van der Waals surface area (Å²) in [5.74, 6) is -1.14. The standard InChI is InChI=1S/C13H17NO5/c1-8-3-4-11(19-2)9(5-8)6-12(16)14-7-10(15)13(17)18/h3-5,10,15H,6-7H2,1-2H3,(H,14,16)(H,17,18)/t10-/m0/s1. The summed E-state index contributed by atoms with van der Waals surface area (Å²) in [7, 11) is 1.51. The lowest BCUT2D eigenvalue weighted by Gasteiger charge is -2.11. The zero-order valence-corrected chi connectivity index (χ0v) is 10.8. The highest BCUT2D eigenvalue weighted by Crippen LogP contribution is 2.19. The number of carbonyl (C=O) groups excluding carboxylic acids is 1. The van der Waals surface area contributed by atoms with Crippen LogP contribution in [0.1, 0.15) is 11.1 Å². The van der Waals surface area contributed by atoms with Gasteiger partial charge in [0.25, 0.3) is 0 Å². The average Bonchev–Trinajstić information content (AvgIpc) is 2.36. The summed E-state index contributed by atoms with van der Waals surface area (Å²) < 4.78 is 5.14. The van der Waals surface area contributed by atoms with Gasteiger partial charge in [-0.15, -0.1) is 0 Å². The minimum Gasteiger partial charge on any atom is -0.496 e. The summed E-state index contributed by atoms with van der Waals surface area (Å²) in [5.41, 5.74) is 1.71. The molecule has 0 saturated carbocycles. The molecule has 6 heteroatoms. The van der Waals surface area contributed by atoms with Crippen molar-refractivity contribution in [3.63, 3.8) is 0 Å². The van der Waals surface area contributed by atoms with Crippen molar-refractivity contribution in [2.24, 2.45) is 0 Å².